The number of aromatic nitrogens is 17. The maximum absolute atomic E-state index is 13.7. The number of pyridine rings is 7. The number of rotatable bonds is 9. The van der Waals surface area contributed by atoms with E-state index >= 15 is 0 Å². The van der Waals surface area contributed by atoms with Gasteiger partial charge < -0.3 is 24.9 Å². The van der Waals surface area contributed by atoms with Crippen LogP contribution in [0.25, 0.3) is 55.9 Å². The van der Waals surface area contributed by atoms with Gasteiger partial charge in [0.1, 0.15) is 0 Å². The monoisotopic (exact) mass is 1560 g/mol. The van der Waals surface area contributed by atoms with Crippen molar-refractivity contribution in [1.29, 1.82) is 0 Å². The van der Waals surface area contributed by atoms with Crippen molar-refractivity contribution in [2.45, 2.75) is 84.0 Å². The Hall–Kier alpha value is -14.7. The van der Waals surface area contributed by atoms with Gasteiger partial charge in [0.25, 0.3) is 0 Å². The van der Waals surface area contributed by atoms with E-state index in [4.69, 9.17) is 19.9 Å². The van der Waals surface area contributed by atoms with E-state index in [1.54, 1.807) is 75.2 Å². The molecule has 4 saturated heterocycles. The predicted molar refractivity (Wildman–Crippen MR) is 447 cm³/mol. The number of nitrogens with one attached hydrogen (secondary N) is 4. The van der Waals surface area contributed by atoms with Crippen LogP contribution in [0.4, 0.5) is 88.3 Å². The quantitative estimate of drug-likeness (QED) is 0.104. The largest absolute Gasteiger partial charge is 0.366 e. The number of nitrogens with zero attached hydrogens (tertiary/aromatic N) is 25. The average Bonchev–Trinajstić information content (AvgIpc) is 1.65. The highest BCUT2D eigenvalue weighted by Gasteiger charge is 2.45. The molecule has 21 rings (SSSR count). The van der Waals surface area contributed by atoms with E-state index in [1.165, 1.54) is 18.6 Å². The number of carbonyl (C=O) groups excluding carboxylic acids is 4. The lowest BCUT2D eigenvalue weighted by molar-refractivity contribution is 0.254. The number of amides is 8. The van der Waals surface area contributed by atoms with Crippen LogP contribution < -0.4 is 60.5 Å². The highest BCUT2D eigenvalue weighted by atomic mass is 16.2. The zero-order valence-corrected chi connectivity index (χ0v) is 64.8. The van der Waals surface area contributed by atoms with Gasteiger partial charge in [0.05, 0.1) is 111 Å². The lowest BCUT2D eigenvalue weighted by Gasteiger charge is -2.36. The first-order valence-corrected chi connectivity index (χ1v) is 38.9. The third kappa shape index (κ3) is 15.1. The standard InChI is InChI=1S/C25H23N7O.C21H21N7O.C20H19N7O.C18H18N8O/c1-15-12-17(8-10-26-15)20-6-7-23-24(27-20)32(18-9-11-31(23)14-18)25(33)28-21-4-3-5-22-19(21)13-16(2)29-30-22;1-2-15-4-3-14(11-24-15)17-5-6-18-20(25-17)28(16-7-10-27(18)13-16)21(29)26-19-12-22-8-9-23-19;1-13-8-14(10-22-9-13)16-2-3-17-19(24-16)27(15-4-7-26(17)12-15)20(28)25-18-11-21-5-6-23-18;1-24-10-12(8-21-24)14-2-3-15-17(22-14)26(13-4-7-25(15)11-13)18(27)23-16-9-19-5-6-20-16/h3-8,10,12-13,18H,9,11,14H2,1-2H3,(H,28,33);3-6,8-9,11-12,16H,2,7,10,13H2,1H3,(H,23,26,29);2-3,5-6,8-11,15H,4,7,12H2,1H3,(H,23,25,28);2-3,5-6,8-10,13H,4,7,11H2,1H3,(H,20,23,27)/t18-;16-;15-;13-/m0000/s1. The summed E-state index contributed by atoms with van der Waals surface area (Å²) in [5.41, 5.74) is 16.3. The van der Waals surface area contributed by atoms with E-state index in [9.17, 15) is 19.2 Å². The Labute approximate surface area is 672 Å². The Kier molecular flexibility index (Phi) is 20.0. The molecule has 0 spiro atoms. The molecule has 33 heteroatoms. The van der Waals surface area contributed by atoms with E-state index < -0.39 is 0 Å². The minimum absolute atomic E-state index is 0.0796. The molecule has 4 fully saturated rings. The van der Waals surface area contributed by atoms with E-state index in [-0.39, 0.29) is 48.3 Å². The normalized spacial score (nSPS) is 17.2. The molecule has 586 valence electrons. The number of hydrogen-bond donors (Lipinski definition) is 4. The van der Waals surface area contributed by atoms with Gasteiger partial charge in [-0.25, -0.2) is 54.1 Å². The first-order chi connectivity index (χ1) is 57.2. The van der Waals surface area contributed by atoms with Crippen LogP contribution >= 0.6 is 0 Å². The summed E-state index contributed by atoms with van der Waals surface area (Å²) in [6.45, 7) is 14.9. The Morgan fingerprint density at radius 1 is 0.402 bits per heavy atom. The molecule has 4 atom stereocenters. The fourth-order valence-corrected chi connectivity index (χ4v) is 16.3. The van der Waals surface area contributed by atoms with Gasteiger partial charge in [0, 0.05) is 167 Å². The average molecular weight is 1560 g/mol. The van der Waals surface area contributed by atoms with Crippen LogP contribution in [0.1, 0.15) is 55.3 Å². The number of aryl methyl sites for hydroxylation is 5. The fraction of sp³-hybridized carbons (Fsp3) is 0.262. The molecule has 0 saturated carbocycles. The molecule has 20 heterocycles. The van der Waals surface area contributed by atoms with Crippen LogP contribution in [0.5, 0.6) is 0 Å². The minimum Gasteiger partial charge on any atom is -0.366 e. The summed E-state index contributed by atoms with van der Waals surface area (Å²) in [4.78, 5) is 126. The molecule has 117 heavy (non-hydrogen) atoms. The van der Waals surface area contributed by atoms with Crippen LogP contribution in [0, 0.1) is 20.8 Å². The van der Waals surface area contributed by atoms with Crippen molar-refractivity contribution in [3.8, 4) is 45.0 Å². The Morgan fingerprint density at radius 2 is 0.872 bits per heavy atom. The molecule has 12 aromatic heterocycles. The SMILES string of the molecule is CCc1ccc(-c2ccc3c(n2)N(C(=O)Nc2cnccn2)[C@H]2CCN3C2)cn1.Cc1cc(-c2ccc3c(n2)N(C(=O)Nc2cccc4nnc(C)cc24)[C@H]2CCN3C2)ccn1.Cc1cncc(-c2ccc3c(n2)N(C(=O)Nc2cnccn2)[C@H]2CCN3C2)c1.Cn1cc(-c2ccc3c(n2)N(C(=O)Nc2cnccn2)[C@H]2CCN3C2)cn1. The molecule has 8 aliphatic rings. The summed E-state index contributed by atoms with van der Waals surface area (Å²) < 4.78 is 1.74. The number of benzene rings is 1. The Bertz CT molecular complexity index is 5910. The number of fused-ring (bicyclic) bond motifs is 17. The van der Waals surface area contributed by atoms with Crippen LogP contribution in [0.2, 0.25) is 0 Å². The molecule has 13 aromatic rings. The van der Waals surface area contributed by atoms with Gasteiger partial charge in [-0.3, -0.25) is 70.1 Å². The smallest absolute Gasteiger partial charge is 0.329 e. The highest BCUT2D eigenvalue weighted by molar-refractivity contribution is 6.10. The zero-order chi connectivity index (χ0) is 79.8. The van der Waals surface area contributed by atoms with Gasteiger partial charge in [-0.1, -0.05) is 13.0 Å². The van der Waals surface area contributed by atoms with Gasteiger partial charge in [0.2, 0.25) is 0 Å². The number of carbonyl (C=O) groups is 4. The molecular weight excluding hydrogens is 1480 g/mol. The third-order valence-electron chi connectivity index (χ3n) is 21.9. The molecule has 8 aliphatic heterocycles. The van der Waals surface area contributed by atoms with Crippen molar-refractivity contribution in [3.63, 3.8) is 0 Å². The van der Waals surface area contributed by atoms with Crippen molar-refractivity contribution in [2.24, 2.45) is 7.05 Å². The first kappa shape index (κ1) is 73.8. The van der Waals surface area contributed by atoms with Crippen LogP contribution in [0.3, 0.4) is 0 Å². The van der Waals surface area contributed by atoms with Crippen molar-refractivity contribution in [2.75, 3.05) is 113 Å². The second-order valence-corrected chi connectivity index (χ2v) is 29.6. The zero-order valence-electron chi connectivity index (χ0n) is 64.8. The Balaban J connectivity index is 0.000000108. The van der Waals surface area contributed by atoms with E-state index in [1.807, 2.05) is 142 Å². The predicted octanol–water partition coefficient (Wildman–Crippen LogP) is 12.2. The minimum atomic E-state index is -0.237. The summed E-state index contributed by atoms with van der Waals surface area (Å²) in [6, 6.07) is 33.3. The van der Waals surface area contributed by atoms with Crippen LogP contribution in [-0.4, -0.2) is 185 Å². The maximum atomic E-state index is 13.7. The van der Waals surface area contributed by atoms with Gasteiger partial charge in [0.15, 0.2) is 40.7 Å². The van der Waals surface area contributed by atoms with Gasteiger partial charge in [-0.15, -0.1) is 0 Å². The van der Waals surface area contributed by atoms with E-state index in [0.29, 0.717) is 40.7 Å². The molecule has 8 amide bonds. The van der Waals surface area contributed by atoms with E-state index in [2.05, 4.69) is 120 Å². The molecule has 8 bridgehead atoms. The molecule has 1 aromatic carbocycles. The molecule has 0 aliphatic carbocycles. The van der Waals surface area contributed by atoms with Crippen molar-refractivity contribution in [1.82, 2.24) is 84.8 Å². The molecule has 0 unspecified atom stereocenters. The van der Waals surface area contributed by atoms with Gasteiger partial charge in [-0.2, -0.15) is 15.3 Å². The first-order valence-electron chi connectivity index (χ1n) is 38.9. The topological polar surface area (TPSA) is 353 Å². The van der Waals surface area contributed by atoms with Crippen LogP contribution in [-0.2, 0) is 13.5 Å². The van der Waals surface area contributed by atoms with Gasteiger partial charge >= 0.3 is 24.1 Å². The summed E-state index contributed by atoms with van der Waals surface area (Å²) in [6.07, 6.45) is 29.4. The number of anilines is 12. The highest BCUT2D eigenvalue weighted by Crippen LogP contribution is 2.45. The molecule has 0 radical (unpaired) electrons. The summed E-state index contributed by atoms with van der Waals surface area (Å²) in [7, 11) is 1.87. The van der Waals surface area contributed by atoms with Crippen molar-refractivity contribution in [3.05, 3.63) is 219 Å². The molecular formula is C84H81N29O4. The summed E-state index contributed by atoms with van der Waals surface area (Å²) >= 11 is 0. The van der Waals surface area contributed by atoms with Crippen molar-refractivity contribution >= 4 is 104 Å². The molecule has 33 nitrogen and oxygen atoms in total. The lowest BCUT2D eigenvalue weighted by atomic mass is 10.1. The lowest BCUT2D eigenvalue weighted by Crippen LogP contribution is -2.48. The summed E-state index contributed by atoms with van der Waals surface area (Å²) in [5.74, 6) is 4.00. The van der Waals surface area contributed by atoms with Crippen LogP contribution in [0.15, 0.2) is 196 Å². The van der Waals surface area contributed by atoms with Gasteiger partial charge in [-0.05, 0) is 156 Å². The summed E-state index contributed by atoms with van der Waals surface area (Å²) in [5, 5.41) is 25.1. The number of hydrogen-bond acceptors (Lipinski definition) is 24. The number of urea groups is 4. The second-order valence-electron chi connectivity index (χ2n) is 29.6. The second kappa shape index (κ2) is 31.7. The maximum Gasteiger partial charge on any atom is 0.329 e. The van der Waals surface area contributed by atoms with E-state index in [0.717, 1.165) is 191 Å². The fourth-order valence-electron chi connectivity index (χ4n) is 16.3. The Morgan fingerprint density at radius 3 is 1.30 bits per heavy atom. The van der Waals surface area contributed by atoms with Crippen molar-refractivity contribution < 1.29 is 19.2 Å². The third-order valence-corrected chi connectivity index (χ3v) is 21.9. The molecule has 4 N–H and O–H groups in total.